The maximum Gasteiger partial charge on any atom is 0.125 e. The Labute approximate surface area is 112 Å². The van der Waals surface area contributed by atoms with Gasteiger partial charge in [0.25, 0.3) is 0 Å². The van der Waals surface area contributed by atoms with Crippen LogP contribution in [0.2, 0.25) is 0 Å². The predicted octanol–water partition coefficient (Wildman–Crippen LogP) is 3.24. The number of rotatable bonds is 7. The molecule has 102 valence electrons. The molecule has 0 aliphatic heterocycles. The Hall–Kier alpha value is -1.09. The molecule has 0 atom stereocenters. The van der Waals surface area contributed by atoms with Crippen molar-refractivity contribution in [3.63, 3.8) is 0 Å². The first-order valence-electron chi connectivity index (χ1n) is 6.86. The van der Waals surface area contributed by atoms with E-state index >= 15 is 0 Å². The molecule has 0 saturated carbocycles. The van der Waals surface area contributed by atoms with Crippen LogP contribution in [0.4, 0.5) is 5.82 Å². The van der Waals surface area contributed by atoms with Gasteiger partial charge in [-0.1, -0.05) is 27.7 Å². The van der Waals surface area contributed by atoms with Crippen molar-refractivity contribution in [2.24, 2.45) is 11.8 Å². The van der Waals surface area contributed by atoms with Gasteiger partial charge in [-0.05, 0) is 29.5 Å². The summed E-state index contributed by atoms with van der Waals surface area (Å²) < 4.78 is 0. The van der Waals surface area contributed by atoms with Crippen LogP contribution >= 0.6 is 0 Å². The summed E-state index contributed by atoms with van der Waals surface area (Å²) in [5.74, 6) is 2.35. The first-order chi connectivity index (χ1) is 8.51. The van der Waals surface area contributed by atoms with Crippen LogP contribution in [0.1, 0.15) is 33.3 Å². The molecule has 18 heavy (non-hydrogen) atoms. The second-order valence-corrected chi connectivity index (χ2v) is 5.78. The number of nitrogens with zero attached hydrogens (tertiary/aromatic N) is 2. The zero-order chi connectivity index (χ0) is 13.5. The van der Waals surface area contributed by atoms with Crippen molar-refractivity contribution < 1.29 is 0 Å². The van der Waals surface area contributed by atoms with Gasteiger partial charge < -0.3 is 5.32 Å². The van der Waals surface area contributed by atoms with E-state index in [-0.39, 0.29) is 0 Å². The minimum absolute atomic E-state index is 0.703. The second-order valence-electron chi connectivity index (χ2n) is 5.78. The van der Waals surface area contributed by atoms with Crippen LogP contribution in [0.15, 0.2) is 18.3 Å². The molecule has 1 aromatic heterocycles. The second kappa shape index (κ2) is 7.37. The van der Waals surface area contributed by atoms with Crippen LogP contribution in [0.25, 0.3) is 0 Å². The van der Waals surface area contributed by atoms with Gasteiger partial charge >= 0.3 is 0 Å². The summed E-state index contributed by atoms with van der Waals surface area (Å²) in [6.07, 6.45) is 1.88. The van der Waals surface area contributed by atoms with E-state index in [4.69, 9.17) is 0 Å². The molecule has 0 spiro atoms. The highest BCUT2D eigenvalue weighted by molar-refractivity contribution is 5.36. The third-order valence-electron chi connectivity index (χ3n) is 2.73. The number of pyridine rings is 1. The Morgan fingerprint density at radius 2 is 1.78 bits per heavy atom. The van der Waals surface area contributed by atoms with Gasteiger partial charge in [0.2, 0.25) is 0 Å². The summed E-state index contributed by atoms with van der Waals surface area (Å²) in [7, 11) is 1.91. The van der Waals surface area contributed by atoms with E-state index in [1.165, 1.54) is 5.56 Å². The molecule has 3 heteroatoms. The monoisotopic (exact) mass is 249 g/mol. The fourth-order valence-electron chi connectivity index (χ4n) is 2.20. The molecule has 0 saturated heterocycles. The van der Waals surface area contributed by atoms with Crippen molar-refractivity contribution >= 4 is 5.82 Å². The van der Waals surface area contributed by atoms with Crippen molar-refractivity contribution in [1.29, 1.82) is 0 Å². The molecular weight excluding hydrogens is 222 g/mol. The van der Waals surface area contributed by atoms with Gasteiger partial charge in [0.1, 0.15) is 5.82 Å². The Morgan fingerprint density at radius 1 is 1.17 bits per heavy atom. The number of hydrogen-bond donors (Lipinski definition) is 1. The highest BCUT2D eigenvalue weighted by Gasteiger charge is 2.10. The molecule has 0 unspecified atom stereocenters. The molecule has 1 heterocycles. The van der Waals surface area contributed by atoms with Gasteiger partial charge in [-0.25, -0.2) is 4.98 Å². The fourth-order valence-corrected chi connectivity index (χ4v) is 2.20. The predicted molar refractivity (Wildman–Crippen MR) is 78.7 cm³/mol. The zero-order valence-electron chi connectivity index (χ0n) is 12.4. The van der Waals surface area contributed by atoms with Crippen LogP contribution in [0.5, 0.6) is 0 Å². The normalized spacial score (nSPS) is 11.6. The van der Waals surface area contributed by atoms with E-state index in [1.54, 1.807) is 0 Å². The maximum absolute atomic E-state index is 4.26. The summed E-state index contributed by atoms with van der Waals surface area (Å²) in [4.78, 5) is 6.79. The Balaban J connectivity index is 2.68. The molecule has 0 aliphatic carbocycles. The fraction of sp³-hybridized carbons (Fsp3) is 0.667. The SMILES string of the molecule is CNc1cc(CN(CC(C)C)CC(C)C)ccn1. The van der Waals surface area contributed by atoms with Gasteiger partial charge in [0.15, 0.2) is 0 Å². The first kappa shape index (κ1) is 15.0. The molecule has 0 bridgehead atoms. The first-order valence-corrected chi connectivity index (χ1v) is 6.86. The lowest BCUT2D eigenvalue weighted by molar-refractivity contribution is 0.211. The van der Waals surface area contributed by atoms with E-state index in [0.717, 1.165) is 25.5 Å². The van der Waals surface area contributed by atoms with Gasteiger partial charge in [0.05, 0.1) is 0 Å². The van der Waals surface area contributed by atoms with E-state index in [1.807, 2.05) is 13.2 Å². The average molecular weight is 249 g/mol. The summed E-state index contributed by atoms with van der Waals surface area (Å²) in [5.41, 5.74) is 1.33. The van der Waals surface area contributed by atoms with Crippen LogP contribution in [-0.2, 0) is 6.54 Å². The lowest BCUT2D eigenvalue weighted by atomic mass is 10.1. The lowest BCUT2D eigenvalue weighted by Crippen LogP contribution is -2.30. The van der Waals surface area contributed by atoms with Gasteiger partial charge in [-0.2, -0.15) is 0 Å². The topological polar surface area (TPSA) is 28.2 Å². The van der Waals surface area contributed by atoms with E-state index in [0.29, 0.717) is 11.8 Å². The highest BCUT2D eigenvalue weighted by atomic mass is 15.1. The van der Waals surface area contributed by atoms with E-state index < -0.39 is 0 Å². The number of aromatic nitrogens is 1. The zero-order valence-corrected chi connectivity index (χ0v) is 12.4. The minimum Gasteiger partial charge on any atom is -0.373 e. The Morgan fingerprint density at radius 3 is 2.28 bits per heavy atom. The molecule has 0 amide bonds. The van der Waals surface area contributed by atoms with Gasteiger partial charge in [-0.15, -0.1) is 0 Å². The molecule has 0 fully saturated rings. The molecular formula is C15H27N3. The summed E-state index contributed by atoms with van der Waals surface area (Å²) in [6.45, 7) is 12.4. The number of hydrogen-bond acceptors (Lipinski definition) is 3. The molecule has 1 rings (SSSR count). The smallest absolute Gasteiger partial charge is 0.125 e. The van der Waals surface area contributed by atoms with Crippen molar-refractivity contribution in [2.75, 3.05) is 25.5 Å². The Bertz CT molecular complexity index is 337. The Kier molecular flexibility index (Phi) is 6.13. The maximum atomic E-state index is 4.26. The summed E-state index contributed by atoms with van der Waals surface area (Å²) >= 11 is 0. The van der Waals surface area contributed by atoms with Gasteiger partial charge in [-0.3, -0.25) is 4.90 Å². The summed E-state index contributed by atoms with van der Waals surface area (Å²) in [5, 5.41) is 3.09. The molecule has 1 N–H and O–H groups in total. The van der Waals surface area contributed by atoms with Crippen LogP contribution < -0.4 is 5.32 Å². The molecule has 0 radical (unpaired) electrons. The molecule has 3 nitrogen and oxygen atoms in total. The highest BCUT2D eigenvalue weighted by Crippen LogP contribution is 2.12. The molecule has 0 aromatic carbocycles. The quantitative estimate of drug-likeness (QED) is 0.804. The van der Waals surface area contributed by atoms with Crippen LogP contribution in [0.3, 0.4) is 0 Å². The third-order valence-corrected chi connectivity index (χ3v) is 2.73. The standard InChI is InChI=1S/C15H27N3/c1-12(2)9-18(10-13(3)4)11-14-6-7-17-15(8-14)16-5/h6-8,12-13H,9-11H2,1-5H3,(H,16,17). The number of anilines is 1. The van der Waals surface area contributed by atoms with Crippen molar-refractivity contribution in [3.8, 4) is 0 Å². The van der Waals surface area contributed by atoms with Crippen molar-refractivity contribution in [1.82, 2.24) is 9.88 Å². The van der Waals surface area contributed by atoms with E-state index in [9.17, 15) is 0 Å². The average Bonchev–Trinajstić information content (AvgIpc) is 2.27. The molecule has 1 aromatic rings. The largest absolute Gasteiger partial charge is 0.373 e. The lowest BCUT2D eigenvalue weighted by Gasteiger charge is -2.26. The van der Waals surface area contributed by atoms with Crippen LogP contribution in [-0.4, -0.2) is 30.0 Å². The van der Waals surface area contributed by atoms with Crippen molar-refractivity contribution in [2.45, 2.75) is 34.2 Å². The minimum atomic E-state index is 0.703. The van der Waals surface area contributed by atoms with Crippen molar-refractivity contribution in [3.05, 3.63) is 23.9 Å². The van der Waals surface area contributed by atoms with Crippen LogP contribution in [0, 0.1) is 11.8 Å². The van der Waals surface area contributed by atoms with E-state index in [2.05, 4.69) is 55.0 Å². The number of nitrogens with one attached hydrogen (secondary N) is 1. The summed E-state index contributed by atoms with van der Waals surface area (Å²) in [6, 6.07) is 4.24. The van der Waals surface area contributed by atoms with Gasteiger partial charge in [0, 0.05) is 32.9 Å². The molecule has 0 aliphatic rings. The third kappa shape index (κ3) is 5.50.